The van der Waals surface area contributed by atoms with Crippen molar-refractivity contribution in [1.29, 1.82) is 5.26 Å². The Morgan fingerprint density at radius 1 is 1.18 bits per heavy atom. The molecule has 1 fully saturated rings. The fraction of sp³-hybridized carbons (Fsp3) is 0.323. The molecule has 1 unspecified atom stereocenters. The Balaban J connectivity index is 1.88. The van der Waals surface area contributed by atoms with Crippen LogP contribution in [0.25, 0.3) is 22.3 Å². The number of carbonyl (C=O) groups is 1. The molecule has 14 heteroatoms. The van der Waals surface area contributed by atoms with Crippen molar-refractivity contribution < 1.29 is 18.0 Å². The number of anilines is 2. The first-order chi connectivity index (χ1) is 21.3. The number of piperazine rings is 1. The molecule has 2 aromatic heterocycles. The lowest BCUT2D eigenvalue weighted by atomic mass is 9.88. The zero-order chi connectivity index (χ0) is 32.9. The Labute approximate surface area is 266 Å². The van der Waals surface area contributed by atoms with Gasteiger partial charge in [0.2, 0.25) is 5.91 Å². The highest BCUT2D eigenvalue weighted by molar-refractivity contribution is 6.34. The molecule has 234 valence electrons. The lowest BCUT2D eigenvalue weighted by Crippen LogP contribution is -2.49. The number of pyridine rings is 2. The monoisotopic (exact) mass is 657 g/mol. The van der Waals surface area contributed by atoms with Gasteiger partial charge in [-0.05, 0) is 18.1 Å². The summed E-state index contributed by atoms with van der Waals surface area (Å²) in [5.74, 6) is -5.32. The summed E-state index contributed by atoms with van der Waals surface area (Å²) in [7, 11) is 0. The normalized spacial score (nSPS) is 18.4. The van der Waals surface area contributed by atoms with Gasteiger partial charge in [-0.2, -0.15) is 5.26 Å². The molecule has 0 radical (unpaired) electrons. The van der Waals surface area contributed by atoms with Gasteiger partial charge in [-0.25, -0.2) is 18.2 Å². The molecule has 2 aliphatic heterocycles. The summed E-state index contributed by atoms with van der Waals surface area (Å²) in [4.78, 5) is 39.1. The van der Waals surface area contributed by atoms with Crippen LogP contribution in [0, 0.1) is 40.6 Å². The topological polar surface area (TPSA) is 121 Å². The van der Waals surface area contributed by atoms with Crippen LogP contribution < -0.4 is 16.2 Å². The molecule has 3 aromatic rings. The van der Waals surface area contributed by atoms with E-state index in [1.54, 1.807) is 22.1 Å². The summed E-state index contributed by atoms with van der Waals surface area (Å²) in [5.41, 5.74) is 3.81. The van der Waals surface area contributed by atoms with E-state index in [1.165, 1.54) is 16.7 Å². The van der Waals surface area contributed by atoms with E-state index < -0.39 is 45.3 Å². The number of carbonyl (C=O) groups excluding carboxylic acids is 1. The van der Waals surface area contributed by atoms with E-state index in [0.29, 0.717) is 5.71 Å². The van der Waals surface area contributed by atoms with E-state index in [2.05, 4.69) is 22.6 Å². The predicted octanol–water partition coefficient (Wildman–Crippen LogP) is 5.88. The van der Waals surface area contributed by atoms with Gasteiger partial charge in [0.1, 0.15) is 22.3 Å². The van der Waals surface area contributed by atoms with Gasteiger partial charge in [0, 0.05) is 49.4 Å². The Morgan fingerprint density at radius 3 is 2.44 bits per heavy atom. The van der Waals surface area contributed by atoms with Crippen LogP contribution in [-0.2, 0) is 4.79 Å². The van der Waals surface area contributed by atoms with Crippen LogP contribution in [0.15, 0.2) is 40.8 Å². The molecule has 0 saturated carbocycles. The molecule has 45 heavy (non-hydrogen) atoms. The highest BCUT2D eigenvalue weighted by atomic mass is 35.5. The van der Waals surface area contributed by atoms with Gasteiger partial charge in [-0.3, -0.25) is 19.1 Å². The Morgan fingerprint density at radius 2 is 1.84 bits per heavy atom. The first-order valence-corrected chi connectivity index (χ1v) is 14.8. The minimum Gasteiger partial charge on any atom is -0.396 e. The van der Waals surface area contributed by atoms with Gasteiger partial charge in [-0.15, -0.1) is 0 Å². The summed E-state index contributed by atoms with van der Waals surface area (Å²) >= 11 is 12.4. The summed E-state index contributed by atoms with van der Waals surface area (Å²) in [5, 5.41) is 9.27. The molecule has 1 aromatic carbocycles. The number of halogens is 5. The summed E-state index contributed by atoms with van der Waals surface area (Å²) < 4.78 is 45.8. The quantitative estimate of drug-likeness (QED) is 0.158. The van der Waals surface area contributed by atoms with Crippen LogP contribution in [0.3, 0.4) is 0 Å². The average molecular weight is 659 g/mol. The highest BCUT2D eigenvalue weighted by Crippen LogP contribution is 2.42. The SMILES string of the molecule is C=CC(=O)N1CCN(c2c(C#N)c(=O)n(C3C(C(C)C)=NC=C[C@H]3C)c3nc(-c4c(N)c(F)c(F)c(Cl)c4F)c(Cl)cc23)CC1. The van der Waals surface area contributed by atoms with Gasteiger partial charge >= 0.3 is 0 Å². The zero-order valence-electron chi connectivity index (χ0n) is 24.5. The van der Waals surface area contributed by atoms with E-state index in [0.717, 1.165) is 0 Å². The van der Waals surface area contributed by atoms with Crippen LogP contribution in [0.1, 0.15) is 32.4 Å². The molecule has 5 rings (SSSR count). The maximum absolute atomic E-state index is 15.4. The van der Waals surface area contributed by atoms with Crippen LogP contribution in [0.4, 0.5) is 24.5 Å². The third kappa shape index (κ3) is 5.23. The maximum atomic E-state index is 15.4. The molecule has 4 heterocycles. The molecule has 2 N–H and O–H groups in total. The Bertz CT molecular complexity index is 1900. The lowest BCUT2D eigenvalue weighted by molar-refractivity contribution is -0.126. The number of nitriles is 1. The largest absolute Gasteiger partial charge is 0.396 e. The van der Waals surface area contributed by atoms with E-state index in [9.17, 15) is 23.6 Å². The molecule has 0 spiro atoms. The number of nitrogens with two attached hydrogens (primary N) is 1. The smallest absolute Gasteiger partial charge is 0.272 e. The average Bonchev–Trinajstić information content (AvgIpc) is 3.02. The fourth-order valence-corrected chi connectivity index (χ4v) is 6.31. The first-order valence-electron chi connectivity index (χ1n) is 14.0. The number of aromatic nitrogens is 2. The number of hydrogen-bond donors (Lipinski definition) is 1. The Kier molecular flexibility index (Phi) is 8.70. The Hall–Kier alpha value is -4.34. The fourth-order valence-electron chi connectivity index (χ4n) is 5.89. The zero-order valence-corrected chi connectivity index (χ0v) is 26.1. The summed E-state index contributed by atoms with van der Waals surface area (Å²) in [6.07, 6.45) is 4.65. The number of fused-ring (bicyclic) bond motifs is 1. The third-order valence-electron chi connectivity index (χ3n) is 8.13. The van der Waals surface area contributed by atoms with E-state index in [4.69, 9.17) is 28.9 Å². The number of nitrogen functional groups attached to an aromatic ring is 1. The number of nitrogens with zero attached hydrogens (tertiary/aromatic N) is 6. The number of hydrogen-bond acceptors (Lipinski definition) is 7. The van der Waals surface area contributed by atoms with Crippen molar-refractivity contribution in [3.8, 4) is 17.3 Å². The van der Waals surface area contributed by atoms with Crippen LogP contribution >= 0.6 is 23.2 Å². The molecule has 2 atom stereocenters. The van der Waals surface area contributed by atoms with E-state index >= 15 is 4.39 Å². The predicted molar refractivity (Wildman–Crippen MR) is 169 cm³/mol. The highest BCUT2D eigenvalue weighted by Gasteiger charge is 2.35. The molecular formula is C31H28Cl2F3N7O2. The third-order valence-corrected chi connectivity index (χ3v) is 8.75. The number of aliphatic imine (C=N–C) groups is 1. The van der Waals surface area contributed by atoms with E-state index in [-0.39, 0.29) is 76.9 Å². The standard InChI is InChI=1S/C31H28Cl2F3N7O2/c1-5-19(44)41-8-10-42(11-9-41)29-16-12-18(32)27(20-22(34)21(33)23(35)24(36)25(20)38)40-30(16)43(31(45)17(29)13-37)28-15(4)6-7-39-26(28)14(2)3/h5-7,12,14-15,28H,1,8-11,38H2,2-4H3/t15-,28?/m1/s1. The van der Waals surface area contributed by atoms with Crippen LogP contribution in [0.5, 0.6) is 0 Å². The van der Waals surface area contributed by atoms with Crippen molar-refractivity contribution in [2.75, 3.05) is 36.8 Å². The van der Waals surface area contributed by atoms with Crippen molar-refractivity contribution in [1.82, 2.24) is 14.5 Å². The number of allylic oxidation sites excluding steroid dienone is 1. The minimum atomic E-state index is -1.67. The van der Waals surface area contributed by atoms with Crippen molar-refractivity contribution in [3.05, 3.63) is 74.4 Å². The second-order valence-corrected chi connectivity index (χ2v) is 11.9. The minimum absolute atomic E-state index is 0.0156. The van der Waals surface area contributed by atoms with Gasteiger partial charge < -0.3 is 15.5 Å². The molecular weight excluding hydrogens is 630 g/mol. The molecule has 1 saturated heterocycles. The van der Waals surface area contributed by atoms with Gasteiger partial charge in [0.05, 0.1) is 33.7 Å². The first kappa shape index (κ1) is 32.1. The van der Waals surface area contributed by atoms with Crippen LogP contribution in [0.2, 0.25) is 10.0 Å². The summed E-state index contributed by atoms with van der Waals surface area (Å²) in [6, 6.07) is 2.72. The van der Waals surface area contributed by atoms with E-state index in [1.807, 2.05) is 20.8 Å². The number of benzene rings is 1. The molecule has 0 bridgehead atoms. The number of amides is 1. The van der Waals surface area contributed by atoms with Crippen molar-refractivity contribution >= 4 is 57.2 Å². The summed E-state index contributed by atoms with van der Waals surface area (Å²) in [6.45, 7) is 10.3. The van der Waals surface area contributed by atoms with Crippen molar-refractivity contribution in [2.45, 2.75) is 26.8 Å². The van der Waals surface area contributed by atoms with Gasteiger partial charge in [-0.1, -0.05) is 56.6 Å². The number of rotatable bonds is 5. The van der Waals surface area contributed by atoms with Gasteiger partial charge in [0.15, 0.2) is 17.5 Å². The van der Waals surface area contributed by atoms with Crippen LogP contribution in [-0.4, -0.2) is 52.2 Å². The lowest BCUT2D eigenvalue weighted by Gasteiger charge is -2.37. The molecule has 0 aliphatic carbocycles. The second-order valence-electron chi connectivity index (χ2n) is 11.1. The second kappa shape index (κ2) is 12.2. The molecule has 9 nitrogen and oxygen atoms in total. The molecule has 2 aliphatic rings. The van der Waals surface area contributed by atoms with Crippen molar-refractivity contribution in [3.63, 3.8) is 0 Å². The van der Waals surface area contributed by atoms with Gasteiger partial charge in [0.25, 0.3) is 5.56 Å². The van der Waals surface area contributed by atoms with Crippen molar-refractivity contribution in [2.24, 2.45) is 16.8 Å². The molecule has 1 amide bonds. The maximum Gasteiger partial charge on any atom is 0.272 e.